The molecule has 0 saturated carbocycles. The van der Waals surface area contributed by atoms with E-state index in [1.165, 1.54) is 22.1 Å². The average Bonchev–Trinajstić information content (AvgIpc) is 3.06. The number of aromatic amines is 1. The minimum Gasteiger partial charge on any atom is -0.346 e. The predicted octanol–water partition coefficient (Wildman–Crippen LogP) is 4.99. The van der Waals surface area contributed by atoms with Gasteiger partial charge in [-0.25, -0.2) is 4.98 Å². The molecule has 0 aliphatic carbocycles. The van der Waals surface area contributed by atoms with Crippen LogP contribution < -0.4 is 0 Å². The quantitative estimate of drug-likeness (QED) is 0.552. The van der Waals surface area contributed by atoms with Crippen LogP contribution in [0.1, 0.15) is 22.4 Å². The number of nitrogens with one attached hydrogen (secondary N) is 1. The summed E-state index contributed by atoms with van der Waals surface area (Å²) in [5.74, 6) is 0. The molecule has 1 N–H and O–H groups in total. The first-order valence-electron chi connectivity index (χ1n) is 8.37. The molecule has 1 aromatic carbocycles. The number of halogens is 1. The van der Waals surface area contributed by atoms with Crippen molar-refractivity contribution >= 4 is 22.6 Å². The van der Waals surface area contributed by atoms with Gasteiger partial charge in [0.15, 0.2) is 0 Å². The fraction of sp³-hybridized carbons (Fsp3) is 0.143. The van der Waals surface area contributed by atoms with Crippen LogP contribution in [0.5, 0.6) is 0 Å². The average molecular weight is 348 g/mol. The van der Waals surface area contributed by atoms with Crippen LogP contribution in [0.25, 0.3) is 11.0 Å². The number of hydrogen-bond donors (Lipinski definition) is 1. The van der Waals surface area contributed by atoms with Crippen LogP contribution in [0.4, 0.5) is 0 Å². The smallest absolute Gasteiger partial charge is 0.137 e. The van der Waals surface area contributed by atoms with Crippen LogP contribution in [0, 0.1) is 0 Å². The van der Waals surface area contributed by atoms with Gasteiger partial charge in [0.05, 0.1) is 0 Å². The molecule has 4 rings (SSSR count). The topological polar surface area (TPSA) is 41.6 Å². The molecule has 25 heavy (non-hydrogen) atoms. The zero-order valence-electron chi connectivity index (χ0n) is 13.7. The van der Waals surface area contributed by atoms with Crippen molar-refractivity contribution in [1.82, 2.24) is 15.0 Å². The number of rotatable bonds is 5. The molecule has 4 heteroatoms. The first-order chi connectivity index (χ1) is 12.3. The largest absolute Gasteiger partial charge is 0.346 e. The Bertz CT molecular complexity index is 972. The maximum Gasteiger partial charge on any atom is 0.137 e. The van der Waals surface area contributed by atoms with E-state index in [1.54, 1.807) is 6.20 Å². The van der Waals surface area contributed by atoms with Gasteiger partial charge >= 0.3 is 0 Å². The molecular weight excluding hydrogens is 330 g/mol. The van der Waals surface area contributed by atoms with Crippen LogP contribution in [0.3, 0.4) is 0 Å². The summed E-state index contributed by atoms with van der Waals surface area (Å²) in [5, 5.41) is 1.95. The van der Waals surface area contributed by atoms with Gasteiger partial charge in [0.1, 0.15) is 5.65 Å². The zero-order chi connectivity index (χ0) is 17.1. The molecule has 124 valence electrons. The SMILES string of the molecule is Clc1ccc(CCc2ccc(Cc3c[nH]c4ncccc34)cn2)cc1. The molecule has 0 unspecified atom stereocenters. The number of pyridine rings is 2. The van der Waals surface area contributed by atoms with Gasteiger partial charge in [-0.05, 0) is 59.9 Å². The number of H-pyrrole nitrogens is 1. The highest BCUT2D eigenvalue weighted by molar-refractivity contribution is 6.30. The zero-order valence-corrected chi connectivity index (χ0v) is 14.5. The van der Waals surface area contributed by atoms with Gasteiger partial charge in [-0.3, -0.25) is 4.98 Å². The van der Waals surface area contributed by atoms with Crippen molar-refractivity contribution in [1.29, 1.82) is 0 Å². The van der Waals surface area contributed by atoms with Gasteiger partial charge in [0.25, 0.3) is 0 Å². The fourth-order valence-corrected chi connectivity index (χ4v) is 3.14. The van der Waals surface area contributed by atoms with E-state index in [1.807, 2.05) is 30.6 Å². The van der Waals surface area contributed by atoms with Crippen LogP contribution in [0.2, 0.25) is 5.02 Å². The van der Waals surface area contributed by atoms with Gasteiger partial charge in [-0.15, -0.1) is 0 Å². The fourth-order valence-electron chi connectivity index (χ4n) is 3.01. The summed E-state index contributed by atoms with van der Waals surface area (Å²) < 4.78 is 0. The van der Waals surface area contributed by atoms with Crippen LogP contribution in [0.15, 0.2) is 67.1 Å². The minimum absolute atomic E-state index is 0.777. The summed E-state index contributed by atoms with van der Waals surface area (Å²) in [6.45, 7) is 0. The van der Waals surface area contributed by atoms with Crippen molar-refractivity contribution in [2.45, 2.75) is 19.3 Å². The normalized spacial score (nSPS) is 11.1. The highest BCUT2D eigenvalue weighted by Gasteiger charge is 2.05. The number of benzene rings is 1. The predicted molar refractivity (Wildman–Crippen MR) is 102 cm³/mol. The van der Waals surface area contributed by atoms with Crippen molar-refractivity contribution in [2.75, 3.05) is 0 Å². The van der Waals surface area contributed by atoms with Gasteiger partial charge in [0.2, 0.25) is 0 Å². The molecule has 0 aliphatic rings. The molecular formula is C21H18ClN3. The Morgan fingerprint density at radius 1 is 0.880 bits per heavy atom. The van der Waals surface area contributed by atoms with E-state index in [0.29, 0.717) is 0 Å². The van der Waals surface area contributed by atoms with Gasteiger partial charge in [-0.2, -0.15) is 0 Å². The number of aryl methyl sites for hydroxylation is 2. The van der Waals surface area contributed by atoms with E-state index in [-0.39, 0.29) is 0 Å². The van der Waals surface area contributed by atoms with Gasteiger partial charge < -0.3 is 4.98 Å². The van der Waals surface area contributed by atoms with Crippen molar-refractivity contribution in [3.8, 4) is 0 Å². The molecule has 0 aliphatic heterocycles. The minimum atomic E-state index is 0.777. The molecule has 0 fully saturated rings. The number of fused-ring (bicyclic) bond motifs is 1. The second-order valence-corrected chi connectivity index (χ2v) is 6.61. The van der Waals surface area contributed by atoms with E-state index in [2.05, 4.69) is 45.3 Å². The van der Waals surface area contributed by atoms with E-state index in [0.717, 1.165) is 35.6 Å². The Morgan fingerprint density at radius 3 is 2.52 bits per heavy atom. The summed E-state index contributed by atoms with van der Waals surface area (Å²) in [6, 6.07) is 16.4. The summed E-state index contributed by atoms with van der Waals surface area (Å²) in [6.07, 6.45) is 8.57. The van der Waals surface area contributed by atoms with E-state index >= 15 is 0 Å². The molecule has 0 atom stereocenters. The Hall–Kier alpha value is -2.65. The second-order valence-electron chi connectivity index (χ2n) is 6.17. The first-order valence-corrected chi connectivity index (χ1v) is 8.75. The lowest BCUT2D eigenvalue weighted by molar-refractivity contribution is 0.908. The highest BCUT2D eigenvalue weighted by Crippen LogP contribution is 2.19. The van der Waals surface area contributed by atoms with Crippen LogP contribution in [-0.2, 0) is 19.3 Å². The van der Waals surface area contributed by atoms with Crippen LogP contribution >= 0.6 is 11.6 Å². The van der Waals surface area contributed by atoms with Crippen LogP contribution in [-0.4, -0.2) is 15.0 Å². The summed E-state index contributed by atoms with van der Waals surface area (Å²) in [7, 11) is 0. The Balaban J connectivity index is 1.42. The lowest BCUT2D eigenvalue weighted by Crippen LogP contribution is -1.96. The van der Waals surface area contributed by atoms with Crippen molar-refractivity contribution in [3.05, 3.63) is 94.5 Å². The maximum absolute atomic E-state index is 5.92. The van der Waals surface area contributed by atoms with Gasteiger partial charge in [-0.1, -0.05) is 29.8 Å². The number of hydrogen-bond acceptors (Lipinski definition) is 2. The Morgan fingerprint density at radius 2 is 1.72 bits per heavy atom. The standard InChI is InChI=1S/C21H18ClN3/c22-18-7-3-15(4-8-18)5-9-19-10-6-16(13-24-19)12-17-14-25-21-20(17)2-1-11-23-21/h1-4,6-8,10-11,13-14H,5,9,12H2,(H,23,25). The van der Waals surface area contributed by atoms with Crippen molar-refractivity contribution in [3.63, 3.8) is 0 Å². The molecule has 3 nitrogen and oxygen atoms in total. The number of aromatic nitrogens is 3. The molecule has 0 spiro atoms. The van der Waals surface area contributed by atoms with E-state index in [9.17, 15) is 0 Å². The third kappa shape index (κ3) is 3.72. The summed E-state index contributed by atoms with van der Waals surface area (Å²) in [4.78, 5) is 12.2. The Kier molecular flexibility index (Phi) is 4.49. The molecule has 3 aromatic heterocycles. The van der Waals surface area contributed by atoms with Gasteiger partial charge in [0, 0.05) is 41.1 Å². The van der Waals surface area contributed by atoms with E-state index in [4.69, 9.17) is 11.6 Å². The summed E-state index contributed by atoms with van der Waals surface area (Å²) in [5.41, 5.74) is 5.78. The Labute approximate surface area is 151 Å². The highest BCUT2D eigenvalue weighted by atomic mass is 35.5. The van der Waals surface area contributed by atoms with Crippen molar-refractivity contribution in [2.24, 2.45) is 0 Å². The van der Waals surface area contributed by atoms with E-state index < -0.39 is 0 Å². The molecule has 0 amide bonds. The third-order valence-electron chi connectivity index (χ3n) is 4.40. The second kappa shape index (κ2) is 7.08. The molecule has 4 aromatic rings. The van der Waals surface area contributed by atoms with Crippen molar-refractivity contribution < 1.29 is 0 Å². The lowest BCUT2D eigenvalue weighted by Gasteiger charge is -2.04. The maximum atomic E-state index is 5.92. The first kappa shape index (κ1) is 15.9. The third-order valence-corrected chi connectivity index (χ3v) is 4.65. The summed E-state index contributed by atoms with van der Waals surface area (Å²) >= 11 is 5.92. The molecule has 3 heterocycles. The monoisotopic (exact) mass is 347 g/mol. The lowest BCUT2D eigenvalue weighted by atomic mass is 10.0. The molecule has 0 bridgehead atoms. The molecule has 0 radical (unpaired) electrons. The molecule has 0 saturated heterocycles. The number of nitrogens with zero attached hydrogens (tertiary/aromatic N) is 2.